The molecule has 0 spiro atoms. The van der Waals surface area contributed by atoms with Gasteiger partial charge in [-0.2, -0.15) is 11.3 Å². The molecule has 1 aromatic rings. The smallest absolute Gasteiger partial charge is 0.0302 e. The van der Waals surface area contributed by atoms with Crippen LogP contribution in [-0.4, -0.2) is 31.1 Å². The van der Waals surface area contributed by atoms with E-state index in [9.17, 15) is 0 Å². The van der Waals surface area contributed by atoms with Crippen LogP contribution in [0.2, 0.25) is 0 Å². The summed E-state index contributed by atoms with van der Waals surface area (Å²) in [6.45, 7) is 4.76. The van der Waals surface area contributed by atoms with Gasteiger partial charge in [0.1, 0.15) is 0 Å². The normalized spacial score (nSPS) is 25.2. The third-order valence-electron chi connectivity index (χ3n) is 3.48. The molecule has 1 N–H and O–H groups in total. The number of hydrogen-bond donors (Lipinski definition) is 1. The largest absolute Gasteiger partial charge is 0.307 e. The SMILES string of the molecule is CC(NC1CCCN(C)CC1)c1ccsc1. The Morgan fingerprint density at radius 2 is 2.31 bits per heavy atom. The quantitative estimate of drug-likeness (QED) is 0.871. The van der Waals surface area contributed by atoms with E-state index in [2.05, 4.69) is 41.0 Å². The molecule has 1 aromatic heterocycles. The van der Waals surface area contributed by atoms with Crippen LogP contribution >= 0.6 is 11.3 Å². The van der Waals surface area contributed by atoms with Gasteiger partial charge in [0.25, 0.3) is 0 Å². The highest BCUT2D eigenvalue weighted by Crippen LogP contribution is 2.19. The Kier molecular flexibility index (Phi) is 4.38. The lowest BCUT2D eigenvalue weighted by Crippen LogP contribution is -2.32. The molecule has 2 atom stereocenters. The van der Waals surface area contributed by atoms with Crippen molar-refractivity contribution in [1.29, 1.82) is 0 Å². The molecule has 3 heteroatoms. The minimum Gasteiger partial charge on any atom is -0.307 e. The number of rotatable bonds is 3. The van der Waals surface area contributed by atoms with Gasteiger partial charge >= 0.3 is 0 Å². The summed E-state index contributed by atoms with van der Waals surface area (Å²) in [5.41, 5.74) is 1.43. The lowest BCUT2D eigenvalue weighted by molar-refractivity contribution is 0.340. The predicted octanol–water partition coefficient (Wildman–Crippen LogP) is 2.88. The van der Waals surface area contributed by atoms with E-state index in [1.165, 1.54) is 37.9 Å². The third-order valence-corrected chi connectivity index (χ3v) is 4.18. The van der Waals surface area contributed by atoms with E-state index in [1.807, 2.05) is 0 Å². The monoisotopic (exact) mass is 238 g/mol. The number of nitrogens with zero attached hydrogens (tertiary/aromatic N) is 1. The third kappa shape index (κ3) is 3.30. The molecule has 2 rings (SSSR count). The van der Waals surface area contributed by atoms with Crippen LogP contribution in [0.5, 0.6) is 0 Å². The topological polar surface area (TPSA) is 15.3 Å². The highest BCUT2D eigenvalue weighted by atomic mass is 32.1. The first-order chi connectivity index (χ1) is 7.75. The Morgan fingerprint density at radius 3 is 3.06 bits per heavy atom. The van der Waals surface area contributed by atoms with Gasteiger partial charge in [-0.3, -0.25) is 0 Å². The van der Waals surface area contributed by atoms with E-state index in [1.54, 1.807) is 11.3 Å². The fourth-order valence-corrected chi connectivity index (χ4v) is 3.13. The molecule has 1 saturated heterocycles. The average molecular weight is 238 g/mol. The van der Waals surface area contributed by atoms with Crippen LogP contribution in [0, 0.1) is 0 Å². The molecule has 1 aliphatic rings. The second-order valence-electron chi connectivity index (χ2n) is 4.88. The van der Waals surface area contributed by atoms with Crippen molar-refractivity contribution >= 4 is 11.3 Å². The Hall–Kier alpha value is -0.380. The van der Waals surface area contributed by atoms with Gasteiger partial charge in [0, 0.05) is 12.1 Å². The summed E-state index contributed by atoms with van der Waals surface area (Å²) >= 11 is 1.79. The van der Waals surface area contributed by atoms with Crippen LogP contribution in [0.1, 0.15) is 37.8 Å². The summed E-state index contributed by atoms with van der Waals surface area (Å²) in [5.74, 6) is 0. The summed E-state index contributed by atoms with van der Waals surface area (Å²) in [5, 5.41) is 8.17. The van der Waals surface area contributed by atoms with E-state index >= 15 is 0 Å². The molecule has 1 aliphatic heterocycles. The van der Waals surface area contributed by atoms with Crippen molar-refractivity contribution in [3.05, 3.63) is 22.4 Å². The van der Waals surface area contributed by atoms with Crippen LogP contribution < -0.4 is 5.32 Å². The lowest BCUT2D eigenvalue weighted by atomic mass is 10.1. The average Bonchev–Trinajstić information content (AvgIpc) is 2.72. The molecule has 2 unspecified atom stereocenters. The highest BCUT2D eigenvalue weighted by Gasteiger charge is 2.17. The molecule has 0 amide bonds. The van der Waals surface area contributed by atoms with E-state index in [4.69, 9.17) is 0 Å². The van der Waals surface area contributed by atoms with Crippen molar-refractivity contribution in [3.8, 4) is 0 Å². The van der Waals surface area contributed by atoms with E-state index in [0.717, 1.165) is 0 Å². The summed E-state index contributed by atoms with van der Waals surface area (Å²) in [7, 11) is 2.23. The Bertz CT molecular complexity index is 297. The van der Waals surface area contributed by atoms with Crippen molar-refractivity contribution in [3.63, 3.8) is 0 Å². The number of likely N-dealkylation sites (tertiary alicyclic amines) is 1. The zero-order valence-corrected chi connectivity index (χ0v) is 11.1. The van der Waals surface area contributed by atoms with Crippen LogP contribution in [0.3, 0.4) is 0 Å². The summed E-state index contributed by atoms with van der Waals surface area (Å²) in [4.78, 5) is 2.44. The van der Waals surface area contributed by atoms with Crippen LogP contribution in [0.4, 0.5) is 0 Å². The maximum absolute atomic E-state index is 3.76. The van der Waals surface area contributed by atoms with Crippen molar-refractivity contribution in [1.82, 2.24) is 10.2 Å². The Balaban J connectivity index is 1.84. The first-order valence-electron chi connectivity index (χ1n) is 6.22. The number of hydrogen-bond acceptors (Lipinski definition) is 3. The van der Waals surface area contributed by atoms with E-state index < -0.39 is 0 Å². The summed E-state index contributed by atoms with van der Waals surface area (Å²) in [6.07, 6.45) is 3.92. The van der Waals surface area contributed by atoms with Gasteiger partial charge in [-0.15, -0.1) is 0 Å². The molecule has 0 aromatic carbocycles. The van der Waals surface area contributed by atoms with Gasteiger partial charge in [0.15, 0.2) is 0 Å². The van der Waals surface area contributed by atoms with Gasteiger partial charge in [0.05, 0.1) is 0 Å². The second-order valence-corrected chi connectivity index (χ2v) is 5.66. The first kappa shape index (κ1) is 12.1. The highest BCUT2D eigenvalue weighted by molar-refractivity contribution is 7.07. The molecule has 0 bridgehead atoms. The van der Waals surface area contributed by atoms with Crippen molar-refractivity contribution in [2.24, 2.45) is 0 Å². The van der Waals surface area contributed by atoms with Crippen LogP contribution in [-0.2, 0) is 0 Å². The molecule has 16 heavy (non-hydrogen) atoms. The molecule has 2 nitrogen and oxygen atoms in total. The standard InChI is InChI=1S/C13H22N2S/c1-11(12-6-9-16-10-12)14-13-4-3-7-15(2)8-5-13/h6,9-11,13-14H,3-5,7-8H2,1-2H3. The van der Waals surface area contributed by atoms with Gasteiger partial charge < -0.3 is 10.2 Å². The van der Waals surface area contributed by atoms with Crippen LogP contribution in [0.15, 0.2) is 16.8 Å². The van der Waals surface area contributed by atoms with E-state index in [0.29, 0.717) is 12.1 Å². The van der Waals surface area contributed by atoms with Crippen molar-refractivity contribution < 1.29 is 0 Å². The zero-order chi connectivity index (χ0) is 11.4. The molecule has 2 heterocycles. The van der Waals surface area contributed by atoms with Crippen molar-refractivity contribution in [2.45, 2.75) is 38.3 Å². The lowest BCUT2D eigenvalue weighted by Gasteiger charge is -2.21. The Morgan fingerprint density at radius 1 is 1.44 bits per heavy atom. The van der Waals surface area contributed by atoms with Crippen molar-refractivity contribution in [2.75, 3.05) is 20.1 Å². The van der Waals surface area contributed by atoms with Gasteiger partial charge in [-0.05, 0) is 68.7 Å². The summed E-state index contributed by atoms with van der Waals surface area (Å²) < 4.78 is 0. The second kappa shape index (κ2) is 5.80. The fraction of sp³-hybridized carbons (Fsp3) is 0.692. The first-order valence-corrected chi connectivity index (χ1v) is 7.16. The molecular weight excluding hydrogens is 216 g/mol. The summed E-state index contributed by atoms with van der Waals surface area (Å²) in [6, 6.07) is 3.42. The molecule has 90 valence electrons. The number of thiophene rings is 1. The minimum absolute atomic E-state index is 0.500. The maximum atomic E-state index is 3.76. The molecule has 0 aliphatic carbocycles. The fourth-order valence-electron chi connectivity index (χ4n) is 2.38. The number of nitrogens with one attached hydrogen (secondary N) is 1. The molecule has 0 saturated carbocycles. The zero-order valence-electron chi connectivity index (χ0n) is 10.3. The van der Waals surface area contributed by atoms with E-state index in [-0.39, 0.29) is 0 Å². The predicted molar refractivity (Wildman–Crippen MR) is 71.0 cm³/mol. The molecular formula is C13H22N2S. The molecule has 0 radical (unpaired) electrons. The Labute approximate surface area is 103 Å². The van der Waals surface area contributed by atoms with Gasteiger partial charge in [-0.1, -0.05) is 0 Å². The van der Waals surface area contributed by atoms with Gasteiger partial charge in [-0.25, -0.2) is 0 Å². The van der Waals surface area contributed by atoms with Gasteiger partial charge in [0.2, 0.25) is 0 Å². The minimum atomic E-state index is 0.500. The van der Waals surface area contributed by atoms with Crippen LogP contribution in [0.25, 0.3) is 0 Å². The maximum Gasteiger partial charge on any atom is 0.0302 e. The molecule has 1 fully saturated rings.